The number of anilines is 1. The third-order valence-corrected chi connectivity index (χ3v) is 1.85. The van der Waals surface area contributed by atoms with Crippen LogP contribution in [-0.4, -0.2) is 9.97 Å². The molecule has 0 aliphatic heterocycles. The predicted molar refractivity (Wildman–Crippen MR) is 56.9 cm³/mol. The van der Waals surface area contributed by atoms with Crippen LogP contribution in [0.1, 0.15) is 32.0 Å². The van der Waals surface area contributed by atoms with E-state index < -0.39 is 0 Å². The Labute approximate surface area is 84.3 Å². The minimum absolute atomic E-state index is 0.240. The van der Waals surface area contributed by atoms with E-state index in [-0.39, 0.29) is 5.95 Å². The number of hydrogen-bond donors (Lipinski definition) is 1. The lowest BCUT2D eigenvalue weighted by Gasteiger charge is -2.03. The fraction of sp³-hybridized carbons (Fsp3) is 0.556. The summed E-state index contributed by atoms with van der Waals surface area (Å²) in [6.07, 6.45) is 0.838. The van der Waals surface area contributed by atoms with E-state index in [2.05, 4.69) is 9.97 Å². The van der Waals surface area contributed by atoms with Crippen LogP contribution in [0.15, 0.2) is 0 Å². The molecular weight excluding hydrogens is 186 g/mol. The van der Waals surface area contributed by atoms with Crippen molar-refractivity contribution in [2.45, 2.75) is 34.1 Å². The molecule has 13 heavy (non-hydrogen) atoms. The zero-order valence-corrected chi connectivity index (χ0v) is 9.31. The quantitative estimate of drug-likeness (QED) is 0.711. The molecule has 1 aromatic heterocycles. The van der Waals surface area contributed by atoms with Gasteiger partial charge in [0.05, 0.1) is 0 Å². The normalized spacial score (nSPS) is 9.00. The first-order valence-corrected chi connectivity index (χ1v) is 4.81. The highest BCUT2D eigenvalue weighted by Crippen LogP contribution is 2.16. The number of nitrogens with two attached hydrogens (primary N) is 1. The molecule has 0 radical (unpaired) electrons. The van der Waals surface area contributed by atoms with Crippen LogP contribution in [0, 0.1) is 6.92 Å². The smallest absolute Gasteiger partial charge is 0.221 e. The van der Waals surface area contributed by atoms with E-state index in [1.165, 1.54) is 0 Å². The van der Waals surface area contributed by atoms with Gasteiger partial charge in [0.25, 0.3) is 0 Å². The molecule has 4 heteroatoms. The van der Waals surface area contributed by atoms with Crippen molar-refractivity contribution in [2.24, 2.45) is 0 Å². The molecule has 0 spiro atoms. The largest absolute Gasteiger partial charge is 0.368 e. The van der Waals surface area contributed by atoms with Crippen molar-refractivity contribution in [3.05, 3.63) is 16.4 Å². The third kappa shape index (κ3) is 3.19. The Bertz CT molecular complexity index is 251. The minimum atomic E-state index is 0.240. The van der Waals surface area contributed by atoms with Gasteiger partial charge in [0, 0.05) is 11.3 Å². The maximum absolute atomic E-state index is 5.80. The Morgan fingerprint density at radius 3 is 2.23 bits per heavy atom. The Hall–Kier alpha value is -0.830. The maximum Gasteiger partial charge on any atom is 0.221 e. The van der Waals surface area contributed by atoms with E-state index in [0.29, 0.717) is 5.15 Å². The average molecular weight is 202 g/mol. The van der Waals surface area contributed by atoms with Crippen LogP contribution in [0.2, 0.25) is 5.15 Å². The molecule has 74 valence electrons. The van der Waals surface area contributed by atoms with E-state index >= 15 is 0 Å². The molecule has 3 nitrogen and oxygen atoms in total. The van der Waals surface area contributed by atoms with Crippen LogP contribution >= 0.6 is 11.6 Å². The number of hydrogen-bond acceptors (Lipinski definition) is 3. The van der Waals surface area contributed by atoms with Crippen molar-refractivity contribution in [2.75, 3.05) is 5.73 Å². The zero-order chi connectivity index (χ0) is 10.4. The Morgan fingerprint density at radius 1 is 1.31 bits per heavy atom. The maximum atomic E-state index is 5.80. The first kappa shape index (κ1) is 12.2. The molecule has 0 aliphatic rings. The number of aryl methyl sites for hydroxylation is 1. The van der Waals surface area contributed by atoms with Gasteiger partial charge in [0.1, 0.15) is 5.15 Å². The summed E-state index contributed by atoms with van der Waals surface area (Å²) in [5, 5.41) is 0.470. The first-order valence-electron chi connectivity index (χ1n) is 4.43. The van der Waals surface area contributed by atoms with Gasteiger partial charge in [-0.05, 0) is 13.3 Å². The monoisotopic (exact) mass is 201 g/mol. The van der Waals surface area contributed by atoms with Gasteiger partial charge in [-0.2, -0.15) is 0 Å². The third-order valence-electron chi connectivity index (χ3n) is 1.53. The summed E-state index contributed by atoms with van der Waals surface area (Å²) in [5.74, 6) is 0.240. The highest BCUT2D eigenvalue weighted by atomic mass is 35.5. The van der Waals surface area contributed by atoms with E-state index in [9.17, 15) is 0 Å². The SMILES string of the molecule is CC.CCc1c(C)nc(N)nc1Cl. The molecular formula is C9H16ClN3. The highest BCUT2D eigenvalue weighted by Gasteiger charge is 2.05. The Kier molecular flexibility index (Phi) is 5.39. The van der Waals surface area contributed by atoms with Gasteiger partial charge in [-0.3, -0.25) is 0 Å². The van der Waals surface area contributed by atoms with Crippen LogP contribution in [-0.2, 0) is 6.42 Å². The molecule has 0 unspecified atom stereocenters. The summed E-state index contributed by atoms with van der Waals surface area (Å²) in [5.41, 5.74) is 7.22. The molecule has 0 aliphatic carbocycles. The zero-order valence-electron chi connectivity index (χ0n) is 8.56. The molecule has 1 rings (SSSR count). The number of halogens is 1. The van der Waals surface area contributed by atoms with Crippen molar-refractivity contribution in [3.63, 3.8) is 0 Å². The summed E-state index contributed by atoms with van der Waals surface area (Å²) in [7, 11) is 0. The highest BCUT2D eigenvalue weighted by molar-refractivity contribution is 6.30. The number of nitrogen functional groups attached to an aromatic ring is 1. The van der Waals surface area contributed by atoms with Gasteiger partial charge in [-0.15, -0.1) is 0 Å². The van der Waals surface area contributed by atoms with Crippen LogP contribution in [0.3, 0.4) is 0 Å². The molecule has 0 fully saturated rings. The minimum Gasteiger partial charge on any atom is -0.368 e. The number of rotatable bonds is 1. The van der Waals surface area contributed by atoms with Crippen LogP contribution in [0.25, 0.3) is 0 Å². The van der Waals surface area contributed by atoms with Gasteiger partial charge in [0.15, 0.2) is 0 Å². The Balaban J connectivity index is 0.000000671. The second-order valence-corrected chi connectivity index (χ2v) is 2.65. The Morgan fingerprint density at radius 2 is 1.85 bits per heavy atom. The van der Waals surface area contributed by atoms with Crippen molar-refractivity contribution in [3.8, 4) is 0 Å². The van der Waals surface area contributed by atoms with Gasteiger partial charge < -0.3 is 5.73 Å². The molecule has 0 bridgehead atoms. The van der Waals surface area contributed by atoms with Gasteiger partial charge >= 0.3 is 0 Å². The van der Waals surface area contributed by atoms with Crippen molar-refractivity contribution in [1.29, 1.82) is 0 Å². The molecule has 0 aromatic carbocycles. The topological polar surface area (TPSA) is 51.8 Å². The van der Waals surface area contributed by atoms with E-state index in [1.807, 2.05) is 27.7 Å². The second kappa shape index (κ2) is 5.75. The molecule has 1 aromatic rings. The summed E-state index contributed by atoms with van der Waals surface area (Å²) in [6.45, 7) is 7.89. The fourth-order valence-corrected chi connectivity index (χ4v) is 1.34. The van der Waals surface area contributed by atoms with Crippen LogP contribution < -0.4 is 5.73 Å². The number of aromatic nitrogens is 2. The molecule has 1 heterocycles. The van der Waals surface area contributed by atoms with Crippen molar-refractivity contribution in [1.82, 2.24) is 9.97 Å². The summed E-state index contributed by atoms with van der Waals surface area (Å²) >= 11 is 5.80. The average Bonchev–Trinajstić information content (AvgIpc) is 2.07. The van der Waals surface area contributed by atoms with E-state index in [0.717, 1.165) is 17.7 Å². The van der Waals surface area contributed by atoms with Gasteiger partial charge in [-0.25, -0.2) is 9.97 Å². The summed E-state index contributed by atoms with van der Waals surface area (Å²) in [4.78, 5) is 7.82. The fourth-order valence-electron chi connectivity index (χ4n) is 0.983. The molecule has 0 saturated heterocycles. The lowest BCUT2D eigenvalue weighted by atomic mass is 10.2. The predicted octanol–water partition coefficient (Wildman–Crippen LogP) is 2.61. The number of nitrogens with zero attached hydrogens (tertiary/aromatic N) is 2. The first-order chi connectivity index (χ1) is 6.15. The standard InChI is InChI=1S/C7H10ClN3.C2H6/c1-3-5-4(2)10-7(9)11-6(5)8;1-2/h3H2,1-2H3,(H2,9,10,11);1-2H3. The molecule has 0 amide bonds. The second-order valence-electron chi connectivity index (χ2n) is 2.29. The summed E-state index contributed by atoms with van der Waals surface area (Å²) in [6, 6.07) is 0. The van der Waals surface area contributed by atoms with Crippen molar-refractivity contribution < 1.29 is 0 Å². The van der Waals surface area contributed by atoms with Crippen LogP contribution in [0.4, 0.5) is 5.95 Å². The van der Waals surface area contributed by atoms with Crippen LogP contribution in [0.5, 0.6) is 0 Å². The van der Waals surface area contributed by atoms with E-state index in [4.69, 9.17) is 17.3 Å². The van der Waals surface area contributed by atoms with E-state index in [1.54, 1.807) is 0 Å². The lowest BCUT2D eigenvalue weighted by molar-refractivity contribution is 1.01. The van der Waals surface area contributed by atoms with Crippen molar-refractivity contribution >= 4 is 17.5 Å². The lowest BCUT2D eigenvalue weighted by Crippen LogP contribution is -2.01. The molecule has 0 atom stereocenters. The molecule has 2 N–H and O–H groups in total. The van der Waals surface area contributed by atoms with Gasteiger partial charge in [0.2, 0.25) is 5.95 Å². The van der Waals surface area contributed by atoms with Gasteiger partial charge in [-0.1, -0.05) is 32.4 Å². The molecule has 0 saturated carbocycles. The summed E-state index contributed by atoms with van der Waals surface area (Å²) < 4.78 is 0.